The van der Waals surface area contributed by atoms with Gasteiger partial charge in [0.2, 0.25) is 0 Å². The fraction of sp³-hybridized carbons (Fsp3) is 0.261. The van der Waals surface area contributed by atoms with E-state index in [9.17, 15) is 28.6 Å². The van der Waals surface area contributed by atoms with Crippen LogP contribution >= 0.6 is 23.5 Å². The molecule has 5 rings (SSSR count). The van der Waals surface area contributed by atoms with E-state index < -0.39 is 54.6 Å². The first-order valence-corrected chi connectivity index (χ1v) is 17.4. The number of nitrogens with two attached hydrogens (primary N) is 1. The predicted octanol–water partition coefficient (Wildman–Crippen LogP) is 3.01. The van der Waals surface area contributed by atoms with Gasteiger partial charge in [0.25, 0.3) is 0 Å². The number of benzene rings is 2. The molecule has 0 spiro atoms. The summed E-state index contributed by atoms with van der Waals surface area (Å²) in [7, 11) is -16.8. The van der Waals surface area contributed by atoms with E-state index >= 15 is 0 Å². The van der Waals surface area contributed by atoms with Crippen molar-refractivity contribution in [3.63, 3.8) is 0 Å². The van der Waals surface area contributed by atoms with Gasteiger partial charge in [0, 0.05) is 0 Å². The normalized spacial score (nSPS) is 23.1. The summed E-state index contributed by atoms with van der Waals surface area (Å²) in [6, 6.07) is 16.0. The van der Waals surface area contributed by atoms with Crippen LogP contribution in [0.3, 0.4) is 0 Å². The Labute approximate surface area is 258 Å². The second kappa shape index (κ2) is 13.8. The fourth-order valence-electron chi connectivity index (χ4n) is 4.25. The highest BCUT2D eigenvalue weighted by atomic mass is 31.3. The lowest BCUT2D eigenvalue weighted by Gasteiger charge is -2.22. The Bertz CT molecular complexity index is 1840. The van der Waals surface area contributed by atoms with E-state index in [1.54, 1.807) is 36.4 Å². The maximum atomic E-state index is 12.3. The molecule has 0 aliphatic carbocycles. The van der Waals surface area contributed by atoms with Gasteiger partial charge >= 0.3 is 23.5 Å². The summed E-state index contributed by atoms with van der Waals surface area (Å²) in [4.78, 5) is 48.9. The first kappa shape index (κ1) is 34.0. The third-order valence-corrected chi connectivity index (χ3v) is 10.0. The van der Waals surface area contributed by atoms with Crippen molar-refractivity contribution >= 4 is 51.8 Å². The van der Waals surface area contributed by atoms with Crippen LogP contribution < -0.4 is 5.73 Å². The molecular weight excluding hydrogens is 675 g/mol. The molecule has 1 fully saturated rings. The highest BCUT2D eigenvalue weighted by Crippen LogP contribution is 2.66. The van der Waals surface area contributed by atoms with Gasteiger partial charge in [-0.1, -0.05) is 30.3 Å². The van der Waals surface area contributed by atoms with Crippen LogP contribution in [0, 0.1) is 0 Å². The van der Waals surface area contributed by atoms with Crippen molar-refractivity contribution in [3.8, 4) is 0 Å². The zero-order chi connectivity index (χ0) is 33.1. The summed E-state index contributed by atoms with van der Waals surface area (Å²) < 4.78 is 60.2. The number of imidazole rings is 1. The third-order valence-electron chi connectivity index (χ3n) is 6.21. The topological polar surface area (TPSA) is 293 Å². The molecule has 23 heteroatoms. The van der Waals surface area contributed by atoms with E-state index in [0.717, 1.165) is 0 Å². The number of hydrogen-bond donors (Lipinski definition) is 6. The number of aliphatic hydroxyl groups is 1. The Morgan fingerprint density at radius 1 is 0.891 bits per heavy atom. The molecule has 0 amide bonds. The zero-order valence-corrected chi connectivity index (χ0v) is 25.9. The van der Waals surface area contributed by atoms with Crippen LogP contribution in [0.25, 0.3) is 11.2 Å². The highest BCUT2D eigenvalue weighted by molar-refractivity contribution is 7.66. The van der Waals surface area contributed by atoms with Gasteiger partial charge in [-0.25, -0.2) is 28.6 Å². The number of nitrogens with zero attached hydrogens (tertiary/aromatic N) is 6. The largest absolute Gasteiger partial charge is 0.490 e. The average Bonchev–Trinajstić information content (AvgIpc) is 3.54. The molecule has 1 saturated heterocycles. The first-order valence-electron chi connectivity index (χ1n) is 12.9. The van der Waals surface area contributed by atoms with Crippen molar-refractivity contribution < 1.29 is 61.0 Å². The Morgan fingerprint density at radius 3 is 2.24 bits per heavy atom. The van der Waals surface area contributed by atoms with E-state index in [2.05, 4.69) is 38.3 Å². The van der Waals surface area contributed by atoms with Crippen LogP contribution in [0.1, 0.15) is 11.8 Å². The van der Waals surface area contributed by atoms with Crippen molar-refractivity contribution in [3.05, 3.63) is 72.8 Å². The van der Waals surface area contributed by atoms with Crippen LogP contribution in [-0.2, 0) is 42.9 Å². The van der Waals surface area contributed by atoms with E-state index in [4.69, 9.17) is 25.0 Å². The molecule has 2 unspecified atom stereocenters. The van der Waals surface area contributed by atoms with Crippen LogP contribution in [-0.4, -0.2) is 69.1 Å². The van der Waals surface area contributed by atoms with Gasteiger partial charge in [0.05, 0.1) is 30.9 Å². The molecule has 0 radical (unpaired) electrons. The number of anilines is 1. The second-order valence-electron chi connectivity index (χ2n) is 9.50. The molecule has 3 heterocycles. The van der Waals surface area contributed by atoms with Crippen LogP contribution in [0.2, 0.25) is 0 Å². The minimum absolute atomic E-state index is 0.0515. The molecule has 1 aliphatic heterocycles. The van der Waals surface area contributed by atoms with Gasteiger partial charge in [-0.05, 0) is 29.8 Å². The zero-order valence-electron chi connectivity index (χ0n) is 23.2. The lowest BCUT2D eigenvalue weighted by Crippen LogP contribution is -2.35. The van der Waals surface area contributed by atoms with Crippen LogP contribution in [0.5, 0.6) is 0 Å². The smallest absolute Gasteiger partial charge is 0.387 e. The van der Waals surface area contributed by atoms with Crippen LogP contribution in [0.4, 0.5) is 17.2 Å². The number of fused-ring (bicyclic) bond motifs is 1. The van der Waals surface area contributed by atoms with Gasteiger partial charge < -0.3 is 39.9 Å². The molecule has 7 N–H and O–H groups in total. The van der Waals surface area contributed by atoms with E-state index in [1.165, 1.54) is 17.2 Å². The Balaban J connectivity index is 1.31. The number of phosphoric ester groups is 1. The van der Waals surface area contributed by atoms with Gasteiger partial charge in [-0.3, -0.25) is 9.09 Å². The summed E-state index contributed by atoms with van der Waals surface area (Å²) in [5.74, 6) is 0.0634. The van der Waals surface area contributed by atoms with Gasteiger partial charge in [0.15, 0.2) is 17.7 Å². The molecule has 20 nitrogen and oxygen atoms in total. The quantitative estimate of drug-likeness (QED) is 0.0862. The SMILES string of the molecule is Nc1ncnc2c1ncn2[C@@H]1O[C@H](COP(=O)(O)OP(=O)(O)OP(=O)(O)O)[C@@H](O)[C@H]1OCc1ccc(N=Nc2ccccc2)cc1. The van der Waals surface area contributed by atoms with Gasteiger partial charge in [-0.15, -0.1) is 0 Å². The third kappa shape index (κ3) is 8.72. The van der Waals surface area contributed by atoms with E-state index in [0.29, 0.717) is 16.9 Å². The highest BCUT2D eigenvalue weighted by Gasteiger charge is 2.48. The average molecular weight is 701 g/mol. The van der Waals surface area contributed by atoms with Crippen molar-refractivity contribution in [2.45, 2.75) is 31.1 Å². The lowest BCUT2D eigenvalue weighted by molar-refractivity contribution is -0.0759. The van der Waals surface area contributed by atoms with E-state index in [1.807, 2.05) is 18.2 Å². The summed E-state index contributed by atoms with van der Waals surface area (Å²) in [6.45, 7) is -0.976. The molecular formula is C23H26N7O13P3. The van der Waals surface area contributed by atoms with Crippen LogP contribution in [0.15, 0.2) is 77.5 Å². The van der Waals surface area contributed by atoms with Gasteiger partial charge in [0.1, 0.15) is 30.2 Å². The number of hydrogen-bond acceptors (Lipinski definition) is 15. The van der Waals surface area contributed by atoms with Crippen molar-refractivity contribution in [1.82, 2.24) is 19.5 Å². The predicted molar refractivity (Wildman–Crippen MR) is 155 cm³/mol. The van der Waals surface area contributed by atoms with Crippen molar-refractivity contribution in [2.75, 3.05) is 12.3 Å². The molecule has 0 saturated carbocycles. The Hall–Kier alpha value is -3.32. The Kier molecular flexibility index (Phi) is 10.2. The fourth-order valence-corrected chi connectivity index (χ4v) is 7.28. The number of aromatic nitrogens is 4. The summed E-state index contributed by atoms with van der Waals surface area (Å²) in [5.41, 5.74) is 8.23. The minimum atomic E-state index is -5.76. The maximum Gasteiger partial charge on any atom is 0.490 e. The molecule has 246 valence electrons. The summed E-state index contributed by atoms with van der Waals surface area (Å²) in [6.07, 6.45) is -2.82. The molecule has 2 aromatic carbocycles. The van der Waals surface area contributed by atoms with Crippen molar-refractivity contribution in [1.29, 1.82) is 0 Å². The first-order chi connectivity index (χ1) is 21.7. The standard InChI is InChI=1S/C23H26N7O13P3/c24-21-18-22(26-12-25-21)30(13-27-18)23-20(39-10-14-6-8-16(9-7-14)29-28-15-4-2-1-3-5-15)19(31)17(41-23)11-40-45(35,36)43-46(37,38)42-44(32,33)34/h1-9,12-13,17,19-20,23,31H,10-11H2,(H,35,36)(H,37,38)(H2,24,25,26)(H2,32,33,34)/t17-,19-,20-,23-/m1/s1. The maximum absolute atomic E-state index is 12.3. The van der Waals surface area contributed by atoms with Crippen molar-refractivity contribution in [2.24, 2.45) is 10.2 Å². The summed E-state index contributed by atoms with van der Waals surface area (Å²) in [5, 5.41) is 19.5. The molecule has 0 bridgehead atoms. The molecule has 46 heavy (non-hydrogen) atoms. The number of phosphoric acid groups is 3. The monoisotopic (exact) mass is 701 g/mol. The molecule has 4 aromatic rings. The van der Waals surface area contributed by atoms with E-state index in [-0.39, 0.29) is 23.6 Å². The Morgan fingerprint density at radius 2 is 1.57 bits per heavy atom. The number of aliphatic hydroxyl groups excluding tert-OH is 1. The molecule has 1 aliphatic rings. The molecule has 2 aromatic heterocycles. The minimum Gasteiger partial charge on any atom is -0.387 e. The number of ether oxygens (including phenoxy) is 2. The summed E-state index contributed by atoms with van der Waals surface area (Å²) >= 11 is 0. The number of nitrogen functional groups attached to an aromatic ring is 1. The molecule has 6 atom stereocenters. The number of azo groups is 1. The number of rotatable bonds is 13. The second-order valence-corrected chi connectivity index (χ2v) is 13.9. The lowest BCUT2D eigenvalue weighted by atomic mass is 10.1. The van der Waals surface area contributed by atoms with Gasteiger partial charge in [-0.2, -0.15) is 18.8 Å².